The lowest BCUT2D eigenvalue weighted by molar-refractivity contribution is 0.301. The number of benzene rings is 1. The Labute approximate surface area is 148 Å². The van der Waals surface area contributed by atoms with Crippen LogP contribution in [0.5, 0.6) is 11.5 Å². The molecular formula is C20H13N3O3. The van der Waals surface area contributed by atoms with Gasteiger partial charge in [0.1, 0.15) is 35.5 Å². The molecule has 4 rings (SSSR count). The minimum absolute atomic E-state index is 0.119. The quantitative estimate of drug-likeness (QED) is 0.601. The number of ether oxygens (including phenoxy) is 1. The van der Waals surface area contributed by atoms with Gasteiger partial charge in [0.15, 0.2) is 0 Å². The number of nitrogens with zero attached hydrogens (tertiary/aromatic N) is 3. The largest absolute Gasteiger partial charge is 0.506 e. The number of hydrogen-bond acceptors (Lipinski definition) is 6. The van der Waals surface area contributed by atoms with Crippen molar-refractivity contribution >= 4 is 11.0 Å². The number of nitriles is 1. The lowest BCUT2D eigenvalue weighted by Gasteiger charge is -2.05. The van der Waals surface area contributed by atoms with Crippen LogP contribution in [0.3, 0.4) is 0 Å². The van der Waals surface area contributed by atoms with E-state index in [-0.39, 0.29) is 5.75 Å². The Bertz CT molecular complexity index is 1110. The van der Waals surface area contributed by atoms with Crippen LogP contribution in [-0.2, 0) is 6.61 Å². The molecule has 0 amide bonds. The number of rotatable bonds is 4. The van der Waals surface area contributed by atoms with Crippen molar-refractivity contribution in [3.05, 3.63) is 72.3 Å². The maximum atomic E-state index is 9.26. The van der Waals surface area contributed by atoms with Gasteiger partial charge in [0.05, 0.1) is 17.5 Å². The Kier molecular flexibility index (Phi) is 3.96. The van der Waals surface area contributed by atoms with Crippen molar-refractivity contribution in [2.75, 3.05) is 0 Å². The molecule has 0 atom stereocenters. The first kappa shape index (κ1) is 15.7. The third-order valence-electron chi connectivity index (χ3n) is 3.89. The molecule has 0 aliphatic carbocycles. The molecule has 0 bridgehead atoms. The van der Waals surface area contributed by atoms with Gasteiger partial charge in [0.2, 0.25) is 0 Å². The van der Waals surface area contributed by atoms with E-state index in [0.29, 0.717) is 40.5 Å². The molecule has 0 fully saturated rings. The predicted octanol–water partition coefficient (Wildman–Crippen LogP) is 4.05. The molecule has 0 unspecified atom stereocenters. The topological polar surface area (TPSA) is 92.2 Å². The first-order chi connectivity index (χ1) is 12.7. The van der Waals surface area contributed by atoms with Crippen molar-refractivity contribution in [3.8, 4) is 28.9 Å². The second-order valence-corrected chi connectivity index (χ2v) is 5.64. The molecule has 1 aromatic carbocycles. The summed E-state index contributed by atoms with van der Waals surface area (Å²) in [6.45, 7) is 0.291. The summed E-state index contributed by atoms with van der Waals surface area (Å²) in [5.74, 6) is 1.40. The highest BCUT2D eigenvalue weighted by molar-refractivity contribution is 5.85. The molecule has 0 saturated heterocycles. The molecule has 6 heteroatoms. The molecule has 6 nitrogen and oxygen atoms in total. The van der Waals surface area contributed by atoms with Crippen molar-refractivity contribution < 1.29 is 14.3 Å². The van der Waals surface area contributed by atoms with E-state index in [1.165, 1.54) is 12.4 Å². The second-order valence-electron chi connectivity index (χ2n) is 5.64. The summed E-state index contributed by atoms with van der Waals surface area (Å²) in [7, 11) is 0. The zero-order valence-electron chi connectivity index (χ0n) is 13.6. The summed E-state index contributed by atoms with van der Waals surface area (Å²) in [5.41, 5.74) is 2.58. The Morgan fingerprint density at radius 2 is 2.04 bits per heavy atom. The van der Waals surface area contributed by atoms with Crippen LogP contribution in [-0.4, -0.2) is 15.1 Å². The van der Waals surface area contributed by atoms with Gasteiger partial charge in [0, 0.05) is 23.3 Å². The molecule has 3 heterocycles. The van der Waals surface area contributed by atoms with Crippen LogP contribution in [0.25, 0.3) is 22.3 Å². The Morgan fingerprint density at radius 1 is 1.12 bits per heavy atom. The lowest BCUT2D eigenvalue weighted by atomic mass is 10.1. The van der Waals surface area contributed by atoms with Crippen molar-refractivity contribution in [1.82, 2.24) is 9.97 Å². The van der Waals surface area contributed by atoms with Crippen LogP contribution in [0.4, 0.5) is 0 Å². The van der Waals surface area contributed by atoms with Gasteiger partial charge in [-0.25, -0.2) is 0 Å². The van der Waals surface area contributed by atoms with Gasteiger partial charge in [-0.05, 0) is 42.5 Å². The number of hydrogen-bond donors (Lipinski definition) is 1. The van der Waals surface area contributed by atoms with Gasteiger partial charge < -0.3 is 14.3 Å². The standard InChI is InChI=1S/C20H13N3O3/c21-9-14-10-22-6-5-18(14)20-8-13-7-17(3-4-19(13)26-20)25-12-15-1-2-16(24)11-23-15/h1-8,10-11,24H,12H2. The highest BCUT2D eigenvalue weighted by Crippen LogP contribution is 2.31. The zero-order valence-corrected chi connectivity index (χ0v) is 13.6. The van der Waals surface area contributed by atoms with E-state index in [4.69, 9.17) is 9.15 Å². The summed E-state index contributed by atoms with van der Waals surface area (Å²) in [4.78, 5) is 8.05. The summed E-state index contributed by atoms with van der Waals surface area (Å²) >= 11 is 0. The van der Waals surface area contributed by atoms with E-state index < -0.39 is 0 Å². The van der Waals surface area contributed by atoms with Crippen LogP contribution in [0.2, 0.25) is 0 Å². The predicted molar refractivity (Wildman–Crippen MR) is 94.4 cm³/mol. The Hall–Kier alpha value is -3.85. The number of furan rings is 1. The number of fused-ring (bicyclic) bond motifs is 1. The molecule has 0 aliphatic rings. The normalized spacial score (nSPS) is 10.6. The SMILES string of the molecule is N#Cc1cnccc1-c1cc2cc(OCc3ccc(O)cn3)ccc2o1. The van der Waals surface area contributed by atoms with Crippen molar-refractivity contribution in [2.24, 2.45) is 0 Å². The lowest BCUT2D eigenvalue weighted by Crippen LogP contribution is -1.97. The highest BCUT2D eigenvalue weighted by atomic mass is 16.5. The summed E-state index contributed by atoms with van der Waals surface area (Å²) in [6, 6.07) is 14.5. The van der Waals surface area contributed by atoms with Gasteiger partial charge in [-0.2, -0.15) is 5.26 Å². The van der Waals surface area contributed by atoms with Gasteiger partial charge in [0.25, 0.3) is 0 Å². The van der Waals surface area contributed by atoms with E-state index in [1.807, 2.05) is 24.3 Å². The van der Waals surface area contributed by atoms with Crippen molar-refractivity contribution in [1.29, 1.82) is 5.26 Å². The fraction of sp³-hybridized carbons (Fsp3) is 0.0500. The minimum atomic E-state index is 0.119. The monoisotopic (exact) mass is 343 g/mol. The van der Waals surface area contributed by atoms with Crippen molar-refractivity contribution in [3.63, 3.8) is 0 Å². The molecule has 26 heavy (non-hydrogen) atoms. The van der Waals surface area contributed by atoms with Gasteiger partial charge >= 0.3 is 0 Å². The number of aromatic hydroxyl groups is 1. The highest BCUT2D eigenvalue weighted by Gasteiger charge is 2.11. The third-order valence-corrected chi connectivity index (χ3v) is 3.89. The first-order valence-corrected chi connectivity index (χ1v) is 7.88. The van der Waals surface area contributed by atoms with Gasteiger partial charge in [-0.15, -0.1) is 0 Å². The molecule has 0 aliphatic heterocycles. The molecule has 0 radical (unpaired) electrons. The smallest absolute Gasteiger partial charge is 0.136 e. The maximum absolute atomic E-state index is 9.26. The fourth-order valence-corrected chi connectivity index (χ4v) is 2.60. The van der Waals surface area contributed by atoms with E-state index in [0.717, 1.165) is 5.39 Å². The van der Waals surface area contributed by atoms with Crippen LogP contribution < -0.4 is 4.74 Å². The average Bonchev–Trinajstić information content (AvgIpc) is 3.10. The van der Waals surface area contributed by atoms with Crippen LogP contribution in [0.15, 0.2) is 65.5 Å². The summed E-state index contributed by atoms with van der Waals surface area (Å²) in [6.07, 6.45) is 4.52. The minimum Gasteiger partial charge on any atom is -0.506 e. The molecule has 0 saturated carbocycles. The third kappa shape index (κ3) is 3.06. The van der Waals surface area contributed by atoms with E-state index in [9.17, 15) is 10.4 Å². The molecule has 3 aromatic heterocycles. The van der Waals surface area contributed by atoms with Gasteiger partial charge in [-0.3, -0.25) is 9.97 Å². The zero-order chi connectivity index (χ0) is 17.9. The summed E-state index contributed by atoms with van der Waals surface area (Å²) < 4.78 is 11.6. The van der Waals surface area contributed by atoms with Crippen LogP contribution in [0.1, 0.15) is 11.3 Å². The average molecular weight is 343 g/mol. The molecule has 1 N–H and O–H groups in total. The molecule has 4 aromatic rings. The number of pyridine rings is 2. The Balaban J connectivity index is 1.60. The van der Waals surface area contributed by atoms with Crippen LogP contribution >= 0.6 is 0 Å². The van der Waals surface area contributed by atoms with E-state index >= 15 is 0 Å². The first-order valence-electron chi connectivity index (χ1n) is 7.88. The second kappa shape index (κ2) is 6.57. The maximum Gasteiger partial charge on any atom is 0.136 e. The van der Waals surface area contributed by atoms with Gasteiger partial charge in [-0.1, -0.05) is 0 Å². The number of aromatic nitrogens is 2. The fourth-order valence-electron chi connectivity index (χ4n) is 2.60. The molecule has 126 valence electrons. The Morgan fingerprint density at radius 3 is 2.85 bits per heavy atom. The summed E-state index contributed by atoms with van der Waals surface area (Å²) in [5, 5.41) is 19.3. The van der Waals surface area contributed by atoms with E-state index in [1.54, 1.807) is 24.4 Å². The van der Waals surface area contributed by atoms with Crippen molar-refractivity contribution in [2.45, 2.75) is 6.61 Å². The molecular weight excluding hydrogens is 330 g/mol. The van der Waals surface area contributed by atoms with E-state index in [2.05, 4.69) is 16.0 Å². The van der Waals surface area contributed by atoms with Crippen LogP contribution in [0, 0.1) is 11.3 Å². The molecule has 0 spiro atoms.